The van der Waals surface area contributed by atoms with Crippen molar-refractivity contribution in [3.05, 3.63) is 47.3 Å². The number of nitrogens with one attached hydrogen (secondary N) is 2. The molecule has 1 heterocycles. The van der Waals surface area contributed by atoms with Crippen LogP contribution in [0.2, 0.25) is 0 Å². The van der Waals surface area contributed by atoms with Gasteiger partial charge in [-0.05, 0) is 38.6 Å². The zero-order valence-electron chi connectivity index (χ0n) is 12.3. The van der Waals surface area contributed by atoms with E-state index in [-0.39, 0.29) is 6.04 Å². The molecule has 2 rings (SSSR count). The molecule has 0 aliphatic heterocycles. The molecule has 0 aliphatic carbocycles. The van der Waals surface area contributed by atoms with Gasteiger partial charge in [-0.3, -0.25) is 4.68 Å². The molecule has 1 aromatic carbocycles. The van der Waals surface area contributed by atoms with Crippen molar-refractivity contribution in [3.63, 3.8) is 0 Å². The summed E-state index contributed by atoms with van der Waals surface area (Å²) in [7, 11) is 1.93. The molecular formula is C15H20N4S. The maximum atomic E-state index is 5.38. The van der Waals surface area contributed by atoms with Crippen LogP contribution in [0.15, 0.2) is 30.3 Å². The Morgan fingerprint density at radius 3 is 2.45 bits per heavy atom. The van der Waals surface area contributed by atoms with Gasteiger partial charge in [0.05, 0.1) is 23.1 Å². The van der Waals surface area contributed by atoms with Crippen molar-refractivity contribution in [2.24, 2.45) is 7.05 Å². The van der Waals surface area contributed by atoms with E-state index in [2.05, 4.69) is 34.8 Å². The summed E-state index contributed by atoms with van der Waals surface area (Å²) in [6, 6.07) is 10.4. The largest absolute Gasteiger partial charge is 0.356 e. The Balaban J connectivity index is 2.03. The molecule has 0 radical (unpaired) electrons. The number of aromatic nitrogens is 2. The summed E-state index contributed by atoms with van der Waals surface area (Å²) in [5, 5.41) is 11.5. The van der Waals surface area contributed by atoms with E-state index in [1.54, 1.807) is 0 Å². The van der Waals surface area contributed by atoms with Gasteiger partial charge in [-0.1, -0.05) is 30.3 Å². The van der Waals surface area contributed by atoms with Crippen molar-refractivity contribution < 1.29 is 0 Å². The van der Waals surface area contributed by atoms with E-state index in [0.717, 1.165) is 17.1 Å². The van der Waals surface area contributed by atoms with Crippen molar-refractivity contribution in [2.75, 3.05) is 5.32 Å². The van der Waals surface area contributed by atoms with Crippen LogP contribution in [-0.2, 0) is 7.05 Å². The van der Waals surface area contributed by atoms with E-state index in [1.165, 1.54) is 5.56 Å². The normalized spacial score (nSPS) is 12.0. The first-order valence-corrected chi connectivity index (χ1v) is 7.02. The Bertz CT molecular complexity index is 604. The molecule has 5 heteroatoms. The molecule has 0 amide bonds. The Morgan fingerprint density at radius 1 is 1.25 bits per heavy atom. The number of thiocarbonyl (C=S) groups is 1. The van der Waals surface area contributed by atoms with E-state index in [4.69, 9.17) is 12.2 Å². The first-order valence-electron chi connectivity index (χ1n) is 6.61. The summed E-state index contributed by atoms with van der Waals surface area (Å²) in [6.45, 7) is 6.08. The van der Waals surface area contributed by atoms with E-state index in [1.807, 2.05) is 43.8 Å². The highest BCUT2D eigenvalue weighted by Gasteiger charge is 2.12. The van der Waals surface area contributed by atoms with Gasteiger partial charge in [0.1, 0.15) is 0 Å². The summed E-state index contributed by atoms with van der Waals surface area (Å²) < 4.78 is 1.85. The molecule has 0 saturated carbocycles. The molecule has 0 spiro atoms. The first kappa shape index (κ1) is 14.5. The lowest BCUT2D eigenvalue weighted by molar-refractivity contribution is 0.722. The molecular weight excluding hydrogens is 268 g/mol. The number of anilines is 1. The van der Waals surface area contributed by atoms with Crippen LogP contribution in [0.25, 0.3) is 0 Å². The van der Waals surface area contributed by atoms with Crippen LogP contribution in [0.5, 0.6) is 0 Å². The number of benzene rings is 1. The molecule has 2 aromatic rings. The monoisotopic (exact) mass is 288 g/mol. The zero-order chi connectivity index (χ0) is 14.7. The Morgan fingerprint density at radius 2 is 1.90 bits per heavy atom. The van der Waals surface area contributed by atoms with Crippen molar-refractivity contribution in [1.29, 1.82) is 0 Å². The van der Waals surface area contributed by atoms with Gasteiger partial charge in [0.15, 0.2) is 5.11 Å². The number of hydrogen-bond acceptors (Lipinski definition) is 2. The SMILES string of the molecule is Cc1nn(C)c(C)c1NC(=S)NC(C)c1ccccc1. The van der Waals surface area contributed by atoms with Crippen molar-refractivity contribution in [3.8, 4) is 0 Å². The molecule has 0 aliphatic rings. The second-order valence-corrected chi connectivity index (χ2v) is 5.31. The zero-order valence-corrected chi connectivity index (χ0v) is 13.1. The minimum atomic E-state index is 0.161. The van der Waals surface area contributed by atoms with Gasteiger partial charge in [-0.15, -0.1) is 0 Å². The molecule has 0 saturated heterocycles. The number of hydrogen-bond donors (Lipinski definition) is 2. The summed E-state index contributed by atoms with van der Waals surface area (Å²) in [5.74, 6) is 0. The van der Waals surface area contributed by atoms with Crippen LogP contribution < -0.4 is 10.6 Å². The fourth-order valence-electron chi connectivity index (χ4n) is 2.13. The Hall–Kier alpha value is -1.88. The van der Waals surface area contributed by atoms with Crippen LogP contribution in [0.1, 0.15) is 29.9 Å². The predicted molar refractivity (Wildman–Crippen MR) is 86.9 cm³/mol. The molecule has 1 aromatic heterocycles. The molecule has 1 atom stereocenters. The van der Waals surface area contributed by atoms with E-state index < -0.39 is 0 Å². The van der Waals surface area contributed by atoms with Gasteiger partial charge >= 0.3 is 0 Å². The molecule has 4 nitrogen and oxygen atoms in total. The number of rotatable bonds is 3. The van der Waals surface area contributed by atoms with Crippen molar-refractivity contribution >= 4 is 23.0 Å². The Labute approximate surface area is 125 Å². The van der Waals surface area contributed by atoms with Gasteiger partial charge in [-0.2, -0.15) is 5.10 Å². The third kappa shape index (κ3) is 3.17. The average Bonchev–Trinajstić information content (AvgIpc) is 2.66. The van der Waals surface area contributed by atoms with E-state index in [0.29, 0.717) is 5.11 Å². The van der Waals surface area contributed by atoms with E-state index >= 15 is 0 Å². The van der Waals surface area contributed by atoms with Gasteiger partial charge in [0.2, 0.25) is 0 Å². The summed E-state index contributed by atoms with van der Waals surface area (Å²) in [6.07, 6.45) is 0. The van der Waals surface area contributed by atoms with Crippen LogP contribution in [0, 0.1) is 13.8 Å². The maximum absolute atomic E-state index is 5.38. The maximum Gasteiger partial charge on any atom is 0.171 e. The van der Waals surface area contributed by atoms with Crippen molar-refractivity contribution in [2.45, 2.75) is 26.8 Å². The average molecular weight is 288 g/mol. The Kier molecular flexibility index (Phi) is 4.39. The van der Waals surface area contributed by atoms with E-state index in [9.17, 15) is 0 Å². The fraction of sp³-hybridized carbons (Fsp3) is 0.333. The summed E-state index contributed by atoms with van der Waals surface area (Å²) in [4.78, 5) is 0. The third-order valence-corrected chi connectivity index (χ3v) is 3.61. The third-order valence-electron chi connectivity index (χ3n) is 3.39. The highest BCUT2D eigenvalue weighted by Crippen LogP contribution is 2.18. The lowest BCUT2D eigenvalue weighted by Gasteiger charge is -2.17. The quantitative estimate of drug-likeness (QED) is 0.852. The molecule has 1 unspecified atom stereocenters. The van der Waals surface area contributed by atoms with Crippen LogP contribution >= 0.6 is 12.2 Å². The topological polar surface area (TPSA) is 41.9 Å². The van der Waals surface area contributed by atoms with Gasteiger partial charge in [0, 0.05) is 7.05 Å². The predicted octanol–water partition coefficient (Wildman–Crippen LogP) is 3.08. The standard InChI is InChI=1S/C15H20N4S/c1-10(13-8-6-5-7-9-13)16-15(20)17-14-11(2)18-19(4)12(14)3/h5-10H,1-4H3,(H2,16,17,20). The smallest absolute Gasteiger partial charge is 0.171 e. The van der Waals surface area contributed by atoms with Gasteiger partial charge in [0.25, 0.3) is 0 Å². The number of nitrogens with zero attached hydrogens (tertiary/aromatic N) is 2. The minimum Gasteiger partial charge on any atom is -0.356 e. The first-order chi connectivity index (χ1) is 9.49. The van der Waals surface area contributed by atoms with Crippen molar-refractivity contribution in [1.82, 2.24) is 15.1 Å². The second-order valence-electron chi connectivity index (χ2n) is 4.90. The summed E-state index contributed by atoms with van der Waals surface area (Å²) in [5.41, 5.74) is 4.20. The van der Waals surface area contributed by atoms with Gasteiger partial charge in [-0.25, -0.2) is 0 Å². The highest BCUT2D eigenvalue weighted by molar-refractivity contribution is 7.80. The minimum absolute atomic E-state index is 0.161. The lowest BCUT2D eigenvalue weighted by Crippen LogP contribution is -2.31. The van der Waals surface area contributed by atoms with Crippen LogP contribution in [0.3, 0.4) is 0 Å². The van der Waals surface area contributed by atoms with Crippen LogP contribution in [0.4, 0.5) is 5.69 Å². The van der Waals surface area contributed by atoms with Crippen LogP contribution in [-0.4, -0.2) is 14.9 Å². The lowest BCUT2D eigenvalue weighted by atomic mass is 10.1. The fourth-order valence-corrected chi connectivity index (χ4v) is 2.40. The second kappa shape index (κ2) is 6.05. The summed E-state index contributed by atoms with van der Waals surface area (Å²) >= 11 is 5.38. The number of aryl methyl sites for hydroxylation is 2. The molecule has 0 fully saturated rings. The molecule has 2 N–H and O–H groups in total. The highest BCUT2D eigenvalue weighted by atomic mass is 32.1. The van der Waals surface area contributed by atoms with Gasteiger partial charge < -0.3 is 10.6 Å². The molecule has 0 bridgehead atoms. The molecule has 106 valence electrons. The molecule has 20 heavy (non-hydrogen) atoms.